The van der Waals surface area contributed by atoms with Crippen LogP contribution in [0, 0.1) is 11.6 Å². The van der Waals surface area contributed by atoms with E-state index in [-0.39, 0.29) is 4.90 Å². The number of rotatable bonds is 4. The van der Waals surface area contributed by atoms with Crippen LogP contribution in [0.1, 0.15) is 10.4 Å². The number of benzene rings is 2. The summed E-state index contributed by atoms with van der Waals surface area (Å²) in [6.07, 6.45) is 0. The summed E-state index contributed by atoms with van der Waals surface area (Å²) in [4.78, 5) is 11.7. The maximum Gasteiger partial charge on any atom is 0.185 e. The standard InChI is InChI=1S/C14H10F2O4S/c15-9-1-4-11(5-2-9)21(19,20)8-14(18)12-7-10(16)3-6-13(12)17/h1-7,17H,8H2. The highest BCUT2D eigenvalue weighted by Gasteiger charge is 2.22. The van der Waals surface area contributed by atoms with E-state index in [0.717, 1.165) is 42.5 Å². The predicted octanol–water partition coefficient (Wildman–Crippen LogP) is 2.33. The number of phenolic OH excluding ortho intramolecular Hbond substituents is 1. The molecule has 0 radical (unpaired) electrons. The summed E-state index contributed by atoms with van der Waals surface area (Å²) in [6.45, 7) is 0. The molecule has 2 aromatic carbocycles. The van der Waals surface area contributed by atoms with Crippen molar-refractivity contribution >= 4 is 15.6 Å². The topological polar surface area (TPSA) is 71.4 Å². The summed E-state index contributed by atoms with van der Waals surface area (Å²) in [5, 5.41) is 9.48. The molecule has 2 aromatic rings. The van der Waals surface area contributed by atoms with Crippen LogP contribution < -0.4 is 0 Å². The molecule has 0 unspecified atom stereocenters. The fourth-order valence-electron chi connectivity index (χ4n) is 1.71. The molecular formula is C14H10F2O4S. The van der Waals surface area contributed by atoms with Crippen LogP contribution in [0.4, 0.5) is 8.78 Å². The first kappa shape index (κ1) is 15.1. The van der Waals surface area contributed by atoms with Crippen molar-refractivity contribution in [2.24, 2.45) is 0 Å². The number of phenols is 1. The van der Waals surface area contributed by atoms with E-state index in [4.69, 9.17) is 0 Å². The van der Waals surface area contributed by atoms with Gasteiger partial charge in [0, 0.05) is 0 Å². The number of hydrogen-bond acceptors (Lipinski definition) is 4. The summed E-state index contributed by atoms with van der Waals surface area (Å²) in [6, 6.07) is 6.65. The van der Waals surface area contributed by atoms with Crippen molar-refractivity contribution in [2.45, 2.75) is 4.90 Å². The second-order valence-electron chi connectivity index (χ2n) is 4.30. The van der Waals surface area contributed by atoms with E-state index in [0.29, 0.717) is 0 Å². The summed E-state index contributed by atoms with van der Waals surface area (Å²) in [7, 11) is -4.00. The molecule has 2 rings (SSSR count). The van der Waals surface area contributed by atoms with E-state index in [1.807, 2.05) is 0 Å². The molecule has 0 saturated carbocycles. The first-order valence-corrected chi connectivity index (χ1v) is 7.45. The molecular weight excluding hydrogens is 302 g/mol. The van der Waals surface area contributed by atoms with Crippen LogP contribution in [0.5, 0.6) is 5.75 Å². The van der Waals surface area contributed by atoms with Crippen molar-refractivity contribution in [1.29, 1.82) is 0 Å². The smallest absolute Gasteiger partial charge is 0.185 e. The van der Waals surface area contributed by atoms with E-state index in [9.17, 15) is 27.1 Å². The lowest BCUT2D eigenvalue weighted by molar-refractivity contribution is 0.101. The molecule has 0 heterocycles. The fourth-order valence-corrected chi connectivity index (χ4v) is 2.93. The number of hydrogen-bond donors (Lipinski definition) is 1. The van der Waals surface area contributed by atoms with Crippen molar-refractivity contribution in [3.8, 4) is 5.75 Å². The highest BCUT2D eigenvalue weighted by molar-refractivity contribution is 7.92. The highest BCUT2D eigenvalue weighted by atomic mass is 32.2. The molecule has 4 nitrogen and oxygen atoms in total. The molecule has 110 valence electrons. The largest absolute Gasteiger partial charge is 0.507 e. The van der Waals surface area contributed by atoms with Crippen molar-refractivity contribution in [3.05, 3.63) is 59.7 Å². The summed E-state index contributed by atoms with van der Waals surface area (Å²) in [5.74, 6) is -3.78. The number of halogens is 2. The monoisotopic (exact) mass is 312 g/mol. The minimum absolute atomic E-state index is 0.229. The molecule has 0 aliphatic rings. The zero-order valence-corrected chi connectivity index (χ0v) is 11.4. The third-order valence-corrected chi connectivity index (χ3v) is 4.39. The van der Waals surface area contributed by atoms with Crippen LogP contribution >= 0.6 is 0 Å². The molecule has 0 fully saturated rings. The molecule has 0 aliphatic heterocycles. The van der Waals surface area contributed by atoms with Crippen molar-refractivity contribution in [3.63, 3.8) is 0 Å². The van der Waals surface area contributed by atoms with Gasteiger partial charge in [-0.2, -0.15) is 0 Å². The van der Waals surface area contributed by atoms with Gasteiger partial charge in [-0.15, -0.1) is 0 Å². The van der Waals surface area contributed by atoms with E-state index < -0.39 is 44.3 Å². The van der Waals surface area contributed by atoms with Gasteiger partial charge < -0.3 is 5.11 Å². The Balaban J connectivity index is 2.30. The molecule has 0 atom stereocenters. The Morgan fingerprint density at radius 1 is 1.00 bits per heavy atom. The van der Waals surface area contributed by atoms with Gasteiger partial charge in [0.2, 0.25) is 0 Å². The minimum Gasteiger partial charge on any atom is -0.507 e. The quantitative estimate of drug-likeness (QED) is 0.695. The molecule has 0 spiro atoms. The highest BCUT2D eigenvalue weighted by Crippen LogP contribution is 2.21. The van der Waals surface area contributed by atoms with Gasteiger partial charge >= 0.3 is 0 Å². The Bertz CT molecular complexity index is 783. The summed E-state index contributed by atoms with van der Waals surface area (Å²) in [5.41, 5.74) is -0.416. The number of carbonyl (C=O) groups is 1. The van der Waals surface area contributed by atoms with Crippen molar-refractivity contribution in [1.82, 2.24) is 0 Å². The molecule has 0 amide bonds. The number of carbonyl (C=O) groups excluding carboxylic acids is 1. The van der Waals surface area contributed by atoms with Gasteiger partial charge in [-0.1, -0.05) is 0 Å². The van der Waals surface area contributed by atoms with Gasteiger partial charge in [-0.3, -0.25) is 4.79 Å². The molecule has 0 aromatic heterocycles. The van der Waals surface area contributed by atoms with Crippen LogP contribution in [-0.2, 0) is 9.84 Å². The average Bonchev–Trinajstić information content (AvgIpc) is 2.41. The lowest BCUT2D eigenvalue weighted by atomic mass is 10.1. The normalized spacial score (nSPS) is 11.3. The summed E-state index contributed by atoms with van der Waals surface area (Å²) >= 11 is 0. The van der Waals surface area contributed by atoms with E-state index in [2.05, 4.69) is 0 Å². The Morgan fingerprint density at radius 3 is 2.19 bits per heavy atom. The van der Waals surface area contributed by atoms with Gasteiger partial charge in [-0.25, -0.2) is 17.2 Å². The second-order valence-corrected chi connectivity index (χ2v) is 6.29. The van der Waals surface area contributed by atoms with Crippen molar-refractivity contribution < 1.29 is 27.1 Å². The van der Waals surface area contributed by atoms with Crippen LogP contribution in [0.2, 0.25) is 0 Å². The van der Waals surface area contributed by atoms with Crippen LogP contribution in [0.3, 0.4) is 0 Å². The molecule has 0 saturated heterocycles. The number of ketones is 1. The number of Topliss-reactive ketones (excluding diaryl/α,β-unsaturated/α-hetero) is 1. The third-order valence-electron chi connectivity index (χ3n) is 2.75. The van der Waals surface area contributed by atoms with Gasteiger partial charge in [0.05, 0.1) is 10.5 Å². The van der Waals surface area contributed by atoms with Crippen LogP contribution in [-0.4, -0.2) is 25.1 Å². The Labute approximate surface area is 119 Å². The molecule has 21 heavy (non-hydrogen) atoms. The SMILES string of the molecule is O=C(CS(=O)(=O)c1ccc(F)cc1)c1cc(F)ccc1O. The van der Waals surface area contributed by atoms with Gasteiger partial charge in [-0.05, 0) is 42.5 Å². The minimum atomic E-state index is -4.00. The molecule has 0 aliphatic carbocycles. The summed E-state index contributed by atoms with van der Waals surface area (Å²) < 4.78 is 49.8. The molecule has 1 N–H and O–H groups in total. The van der Waals surface area contributed by atoms with E-state index in [1.54, 1.807) is 0 Å². The van der Waals surface area contributed by atoms with Gasteiger partial charge in [0.25, 0.3) is 0 Å². The molecule has 0 bridgehead atoms. The van der Waals surface area contributed by atoms with Crippen molar-refractivity contribution in [2.75, 3.05) is 5.75 Å². The lowest BCUT2D eigenvalue weighted by Crippen LogP contribution is -2.16. The van der Waals surface area contributed by atoms with Gasteiger partial charge in [0.15, 0.2) is 15.6 Å². The zero-order valence-electron chi connectivity index (χ0n) is 10.6. The number of aromatic hydroxyl groups is 1. The Kier molecular flexibility index (Phi) is 4.04. The van der Waals surface area contributed by atoms with Crippen LogP contribution in [0.25, 0.3) is 0 Å². The van der Waals surface area contributed by atoms with Crippen LogP contribution in [0.15, 0.2) is 47.4 Å². The van der Waals surface area contributed by atoms with Gasteiger partial charge in [0.1, 0.15) is 23.1 Å². The maximum absolute atomic E-state index is 13.1. The Hall–Kier alpha value is -2.28. The Morgan fingerprint density at radius 2 is 1.57 bits per heavy atom. The third kappa shape index (κ3) is 3.43. The van der Waals surface area contributed by atoms with E-state index >= 15 is 0 Å². The predicted molar refractivity (Wildman–Crippen MR) is 70.8 cm³/mol. The fraction of sp³-hybridized carbons (Fsp3) is 0.0714. The number of sulfone groups is 1. The average molecular weight is 312 g/mol. The zero-order chi connectivity index (χ0) is 15.6. The lowest BCUT2D eigenvalue weighted by Gasteiger charge is -2.06. The second kappa shape index (κ2) is 5.61. The maximum atomic E-state index is 13.1. The molecule has 7 heteroatoms. The van der Waals surface area contributed by atoms with E-state index in [1.165, 1.54) is 0 Å². The first-order chi connectivity index (χ1) is 9.79. The first-order valence-electron chi connectivity index (χ1n) is 5.79.